The molecule has 28 heavy (non-hydrogen) atoms. The van der Waals surface area contributed by atoms with Crippen LogP contribution in [-0.2, 0) is 12.5 Å². The first-order chi connectivity index (χ1) is 13.3. The summed E-state index contributed by atoms with van der Waals surface area (Å²) in [6.45, 7) is 0.930. The molecule has 0 fully saturated rings. The summed E-state index contributed by atoms with van der Waals surface area (Å²) >= 11 is 0. The van der Waals surface area contributed by atoms with E-state index in [1.807, 2.05) is 0 Å². The number of halogens is 4. The maximum absolute atomic E-state index is 14.0. The number of nitrogens with zero attached hydrogens (tertiary/aromatic N) is 3. The first-order valence-corrected chi connectivity index (χ1v) is 8.56. The van der Waals surface area contributed by atoms with Gasteiger partial charge in [0.1, 0.15) is 17.3 Å². The standard InChI is InChI=1S/C21H15F4N3/c1-21(24,25)15-7-6-13(10-17(15)23)11-28-9-8-18-19(12-28)27-20(26-18)14-4-2-3-5-16(14)22/h2-10,12H,11H2,1H3. The van der Waals surface area contributed by atoms with Crippen molar-refractivity contribution in [2.75, 3.05) is 0 Å². The van der Waals surface area contributed by atoms with E-state index in [0.717, 1.165) is 12.1 Å². The van der Waals surface area contributed by atoms with Crippen LogP contribution in [0.15, 0.2) is 60.9 Å². The zero-order valence-corrected chi connectivity index (χ0v) is 14.8. The lowest BCUT2D eigenvalue weighted by Crippen LogP contribution is -2.10. The van der Waals surface area contributed by atoms with Crippen molar-refractivity contribution in [2.45, 2.75) is 19.4 Å². The van der Waals surface area contributed by atoms with Gasteiger partial charge in [0.15, 0.2) is 5.82 Å². The minimum atomic E-state index is -3.23. The van der Waals surface area contributed by atoms with E-state index in [0.29, 0.717) is 29.4 Å². The van der Waals surface area contributed by atoms with Crippen molar-refractivity contribution >= 4 is 0 Å². The van der Waals surface area contributed by atoms with E-state index in [2.05, 4.69) is 9.97 Å². The highest BCUT2D eigenvalue weighted by Gasteiger charge is 2.28. The van der Waals surface area contributed by atoms with E-state index in [-0.39, 0.29) is 12.4 Å². The van der Waals surface area contributed by atoms with Crippen LogP contribution in [0.25, 0.3) is 22.8 Å². The van der Waals surface area contributed by atoms with Gasteiger partial charge in [-0.1, -0.05) is 18.2 Å². The third-order valence-corrected chi connectivity index (χ3v) is 4.41. The van der Waals surface area contributed by atoms with Gasteiger partial charge in [0.05, 0.1) is 16.8 Å². The Morgan fingerprint density at radius 1 is 0.929 bits per heavy atom. The van der Waals surface area contributed by atoms with Crippen LogP contribution in [0.1, 0.15) is 18.1 Å². The minimum Gasteiger partial charge on any atom is -0.348 e. The van der Waals surface area contributed by atoms with Crippen molar-refractivity contribution < 1.29 is 17.6 Å². The average Bonchev–Trinajstić information content (AvgIpc) is 3.04. The van der Waals surface area contributed by atoms with Gasteiger partial charge in [0, 0.05) is 25.9 Å². The van der Waals surface area contributed by atoms with Gasteiger partial charge in [-0.15, -0.1) is 0 Å². The summed E-state index contributed by atoms with van der Waals surface area (Å²) in [5, 5.41) is 0. The van der Waals surface area contributed by atoms with Crippen molar-refractivity contribution in [1.29, 1.82) is 0 Å². The zero-order valence-electron chi connectivity index (χ0n) is 14.8. The number of imidazole rings is 1. The van der Waals surface area contributed by atoms with Crippen LogP contribution in [0, 0.1) is 11.6 Å². The van der Waals surface area contributed by atoms with Gasteiger partial charge in [-0.2, -0.15) is 0 Å². The van der Waals surface area contributed by atoms with E-state index in [4.69, 9.17) is 0 Å². The van der Waals surface area contributed by atoms with Gasteiger partial charge in [-0.05, 0) is 35.9 Å². The second-order valence-electron chi connectivity index (χ2n) is 6.62. The highest BCUT2D eigenvalue weighted by Crippen LogP contribution is 2.30. The number of rotatable bonds is 4. The smallest absolute Gasteiger partial charge is 0.273 e. The molecule has 2 aromatic carbocycles. The van der Waals surface area contributed by atoms with E-state index >= 15 is 0 Å². The van der Waals surface area contributed by atoms with Crippen LogP contribution in [0.3, 0.4) is 0 Å². The molecule has 7 heteroatoms. The number of alkyl halides is 2. The van der Waals surface area contributed by atoms with Gasteiger partial charge in [-0.25, -0.2) is 27.5 Å². The van der Waals surface area contributed by atoms with Gasteiger partial charge < -0.3 is 4.57 Å². The molecular weight excluding hydrogens is 370 g/mol. The number of fused-ring (bicyclic) bond motifs is 1. The van der Waals surface area contributed by atoms with Crippen molar-refractivity contribution in [1.82, 2.24) is 14.5 Å². The topological polar surface area (TPSA) is 30.7 Å². The molecule has 0 amide bonds. The predicted molar refractivity (Wildman–Crippen MR) is 97.1 cm³/mol. The van der Waals surface area contributed by atoms with Gasteiger partial charge in [-0.3, -0.25) is 0 Å². The van der Waals surface area contributed by atoms with Gasteiger partial charge in [0.25, 0.3) is 5.92 Å². The number of aromatic nitrogens is 3. The van der Waals surface area contributed by atoms with E-state index < -0.39 is 23.1 Å². The van der Waals surface area contributed by atoms with Crippen LogP contribution in [0.4, 0.5) is 17.6 Å². The molecule has 2 heterocycles. The Bertz CT molecular complexity index is 1110. The molecule has 2 aliphatic heterocycles. The third kappa shape index (κ3) is 3.47. The predicted octanol–water partition coefficient (Wildman–Crippen LogP) is 5.49. The molecule has 0 N–H and O–H groups in total. The second kappa shape index (κ2) is 6.74. The molecule has 0 atom stereocenters. The molecule has 2 aliphatic rings. The summed E-state index contributed by atoms with van der Waals surface area (Å²) in [6.07, 6.45) is 3.43. The first kappa shape index (κ1) is 18.2. The van der Waals surface area contributed by atoms with Crippen LogP contribution in [0.5, 0.6) is 0 Å². The minimum absolute atomic E-state index is 0.268. The molecule has 142 valence electrons. The lowest BCUT2D eigenvalue weighted by atomic mass is 10.1. The summed E-state index contributed by atoms with van der Waals surface area (Å²) in [4.78, 5) is 8.70. The molecule has 4 rings (SSSR count). The van der Waals surface area contributed by atoms with Crippen molar-refractivity contribution in [3.05, 3.63) is 83.7 Å². The highest BCUT2D eigenvalue weighted by molar-refractivity contribution is 5.65. The van der Waals surface area contributed by atoms with Crippen molar-refractivity contribution in [3.8, 4) is 22.8 Å². The maximum Gasteiger partial charge on any atom is 0.273 e. The fourth-order valence-corrected chi connectivity index (χ4v) is 3.04. The fraction of sp³-hybridized carbons (Fsp3) is 0.143. The Labute approximate surface area is 158 Å². The number of benzene rings is 2. The van der Waals surface area contributed by atoms with Gasteiger partial charge in [0.2, 0.25) is 0 Å². The van der Waals surface area contributed by atoms with Crippen molar-refractivity contribution in [2.24, 2.45) is 0 Å². The number of hydrogen-bond acceptors (Lipinski definition) is 2. The fourth-order valence-electron chi connectivity index (χ4n) is 3.04. The summed E-state index contributed by atoms with van der Waals surface area (Å²) in [5.74, 6) is -4.30. The Morgan fingerprint density at radius 2 is 1.68 bits per heavy atom. The molecular formula is C21H15F4N3. The molecule has 0 radical (unpaired) electrons. The molecule has 0 bridgehead atoms. The number of hydrogen-bond donors (Lipinski definition) is 0. The second-order valence-corrected chi connectivity index (χ2v) is 6.62. The lowest BCUT2D eigenvalue weighted by molar-refractivity contribution is 0.0137. The first-order valence-electron chi connectivity index (χ1n) is 8.56. The third-order valence-electron chi connectivity index (χ3n) is 4.41. The van der Waals surface area contributed by atoms with E-state index in [9.17, 15) is 17.6 Å². The van der Waals surface area contributed by atoms with Crippen LogP contribution in [-0.4, -0.2) is 14.5 Å². The van der Waals surface area contributed by atoms with Crippen LogP contribution < -0.4 is 0 Å². The Morgan fingerprint density at radius 3 is 2.39 bits per heavy atom. The molecule has 0 aromatic heterocycles. The lowest BCUT2D eigenvalue weighted by Gasteiger charge is -2.13. The molecule has 2 aromatic rings. The molecule has 0 spiro atoms. The van der Waals surface area contributed by atoms with Gasteiger partial charge >= 0.3 is 0 Å². The van der Waals surface area contributed by atoms with Crippen LogP contribution in [0.2, 0.25) is 0 Å². The molecule has 0 saturated carbocycles. The average molecular weight is 385 g/mol. The Kier molecular flexibility index (Phi) is 4.37. The molecule has 3 nitrogen and oxygen atoms in total. The van der Waals surface area contributed by atoms with Crippen molar-refractivity contribution in [3.63, 3.8) is 0 Å². The number of pyridine rings is 1. The largest absolute Gasteiger partial charge is 0.348 e. The molecule has 0 aliphatic carbocycles. The Hall–Kier alpha value is -3.22. The summed E-state index contributed by atoms with van der Waals surface area (Å²) in [7, 11) is 0. The summed E-state index contributed by atoms with van der Waals surface area (Å²) in [5.41, 5.74) is 1.36. The van der Waals surface area contributed by atoms with E-state index in [1.54, 1.807) is 41.2 Å². The summed E-state index contributed by atoms with van der Waals surface area (Å²) < 4.78 is 56.3. The quantitative estimate of drug-likeness (QED) is 0.435. The zero-order chi connectivity index (χ0) is 19.9. The van der Waals surface area contributed by atoms with Crippen LogP contribution >= 0.6 is 0 Å². The SMILES string of the molecule is CC(F)(F)c1ccc(Cn2ccc3nc(-c4ccccc4F)nc-3c2)cc1F. The monoisotopic (exact) mass is 385 g/mol. The summed E-state index contributed by atoms with van der Waals surface area (Å²) in [6, 6.07) is 11.6. The molecule has 0 unspecified atom stereocenters. The Balaban J connectivity index is 1.63. The molecule has 0 saturated heterocycles. The maximum atomic E-state index is 14.0. The normalized spacial score (nSPS) is 11.9. The highest BCUT2D eigenvalue weighted by atomic mass is 19.3. The van der Waals surface area contributed by atoms with E-state index in [1.165, 1.54) is 12.1 Å².